The summed E-state index contributed by atoms with van der Waals surface area (Å²) in [6, 6.07) is 13.6. The summed E-state index contributed by atoms with van der Waals surface area (Å²) in [4.78, 5) is 23.9. The van der Waals surface area contributed by atoms with Gasteiger partial charge in [-0.05, 0) is 42.0 Å². The number of ether oxygens (including phenoxy) is 1. The molecular formula is C19H20ClNO4. The Bertz CT molecular complexity index is 754. The predicted octanol–water partition coefficient (Wildman–Crippen LogP) is 4.76. The van der Waals surface area contributed by atoms with E-state index >= 15 is 0 Å². The van der Waals surface area contributed by atoms with Crippen LogP contribution in [-0.4, -0.2) is 23.4 Å². The average Bonchev–Trinajstić information content (AvgIpc) is 2.60. The summed E-state index contributed by atoms with van der Waals surface area (Å²) in [6.45, 7) is 3.08. The Kier molecular flexibility index (Phi) is 5.80. The van der Waals surface area contributed by atoms with Crippen molar-refractivity contribution < 1.29 is 14.5 Å². The van der Waals surface area contributed by atoms with Gasteiger partial charge in [-0.25, -0.2) is 0 Å². The van der Waals surface area contributed by atoms with Gasteiger partial charge < -0.3 is 4.74 Å². The van der Waals surface area contributed by atoms with Crippen LogP contribution in [0.5, 0.6) is 5.75 Å². The van der Waals surface area contributed by atoms with Crippen LogP contribution in [0.25, 0.3) is 0 Å². The Hall–Kier alpha value is -2.40. The molecule has 0 amide bonds. The van der Waals surface area contributed by atoms with Crippen LogP contribution in [0.1, 0.15) is 42.1 Å². The number of carbonyl (C=O) groups excluding carboxylic acids is 1. The van der Waals surface area contributed by atoms with Gasteiger partial charge in [-0.2, -0.15) is 0 Å². The Morgan fingerprint density at radius 1 is 1.16 bits per heavy atom. The number of ketones is 1. The minimum Gasteiger partial charge on any atom is -0.497 e. The third kappa shape index (κ3) is 4.37. The van der Waals surface area contributed by atoms with E-state index in [1.54, 1.807) is 55.6 Å². The molecule has 0 saturated carbocycles. The molecule has 2 aromatic rings. The van der Waals surface area contributed by atoms with Crippen molar-refractivity contribution in [3.63, 3.8) is 0 Å². The smallest absolute Gasteiger partial charge is 0.223 e. The van der Waals surface area contributed by atoms with Gasteiger partial charge in [0.15, 0.2) is 5.78 Å². The van der Waals surface area contributed by atoms with Crippen LogP contribution in [0.2, 0.25) is 5.02 Å². The highest BCUT2D eigenvalue weighted by atomic mass is 35.5. The third-order valence-electron chi connectivity index (χ3n) is 4.40. The minimum absolute atomic E-state index is 0.0297. The Labute approximate surface area is 151 Å². The summed E-state index contributed by atoms with van der Waals surface area (Å²) in [5.74, 6) is -0.0746. The molecule has 0 heterocycles. The molecule has 0 bridgehead atoms. The number of rotatable bonds is 7. The number of methoxy groups -OCH3 is 1. The van der Waals surface area contributed by atoms with E-state index in [1.807, 2.05) is 0 Å². The number of Topliss-reactive ketones (excluding diaryl/α,β-unsaturated/α-hetero) is 1. The largest absolute Gasteiger partial charge is 0.497 e. The molecule has 1 unspecified atom stereocenters. The fourth-order valence-corrected chi connectivity index (χ4v) is 2.80. The molecule has 5 nitrogen and oxygen atoms in total. The molecule has 0 fully saturated rings. The van der Waals surface area contributed by atoms with Crippen molar-refractivity contribution in [3.8, 4) is 5.75 Å². The lowest BCUT2D eigenvalue weighted by Crippen LogP contribution is -2.39. The summed E-state index contributed by atoms with van der Waals surface area (Å²) in [7, 11) is 1.55. The van der Waals surface area contributed by atoms with Crippen molar-refractivity contribution in [3.05, 3.63) is 74.8 Å². The molecule has 0 aliphatic heterocycles. The van der Waals surface area contributed by atoms with Crippen molar-refractivity contribution in [2.45, 2.75) is 31.7 Å². The van der Waals surface area contributed by atoms with Gasteiger partial charge >= 0.3 is 0 Å². The Balaban J connectivity index is 2.35. The molecule has 0 saturated heterocycles. The normalized spacial score (nSPS) is 12.5. The Morgan fingerprint density at radius 3 is 2.20 bits per heavy atom. The van der Waals surface area contributed by atoms with Crippen LogP contribution in [-0.2, 0) is 0 Å². The van der Waals surface area contributed by atoms with Gasteiger partial charge in [-0.15, -0.1) is 0 Å². The third-order valence-corrected chi connectivity index (χ3v) is 4.65. The van der Waals surface area contributed by atoms with Crippen molar-refractivity contribution in [2.75, 3.05) is 7.11 Å². The Morgan fingerprint density at radius 2 is 1.72 bits per heavy atom. The molecule has 0 N–H and O–H groups in total. The summed E-state index contributed by atoms with van der Waals surface area (Å²) < 4.78 is 5.13. The summed E-state index contributed by atoms with van der Waals surface area (Å²) in [5.41, 5.74) is -0.0803. The maximum atomic E-state index is 12.6. The molecule has 0 spiro atoms. The predicted molar refractivity (Wildman–Crippen MR) is 97.2 cm³/mol. The van der Waals surface area contributed by atoms with Gasteiger partial charge in [-0.1, -0.05) is 23.7 Å². The standard InChI is InChI=1S/C19H20ClNO4/c1-19(2,21(23)24)17(13-6-10-16(25-3)11-7-13)12-18(22)14-4-8-15(20)9-5-14/h4-11,17H,12H2,1-3H3. The van der Waals surface area contributed by atoms with Gasteiger partial charge in [0.05, 0.1) is 13.0 Å². The van der Waals surface area contributed by atoms with Crippen LogP contribution in [0.3, 0.4) is 0 Å². The van der Waals surface area contributed by atoms with Crippen LogP contribution < -0.4 is 4.74 Å². The van der Waals surface area contributed by atoms with Crippen molar-refractivity contribution in [1.82, 2.24) is 0 Å². The summed E-state index contributed by atoms with van der Waals surface area (Å²) in [6.07, 6.45) is 0.0297. The second-order valence-electron chi connectivity index (χ2n) is 6.37. The molecular weight excluding hydrogens is 342 g/mol. The molecule has 0 aliphatic carbocycles. The molecule has 2 rings (SSSR count). The van der Waals surface area contributed by atoms with E-state index in [0.717, 1.165) is 5.56 Å². The fraction of sp³-hybridized carbons (Fsp3) is 0.316. The number of halogens is 1. The first-order chi connectivity index (χ1) is 11.8. The highest BCUT2D eigenvalue weighted by molar-refractivity contribution is 6.30. The SMILES string of the molecule is COc1ccc(C(CC(=O)c2ccc(Cl)cc2)C(C)(C)[N+](=O)[O-])cc1. The molecule has 2 aromatic carbocycles. The van der Waals surface area contributed by atoms with Gasteiger partial charge in [0.2, 0.25) is 5.54 Å². The number of benzene rings is 2. The van der Waals surface area contributed by atoms with Gasteiger partial charge in [-0.3, -0.25) is 14.9 Å². The van der Waals surface area contributed by atoms with Crippen LogP contribution in [0, 0.1) is 10.1 Å². The molecule has 0 radical (unpaired) electrons. The monoisotopic (exact) mass is 361 g/mol. The zero-order chi connectivity index (χ0) is 18.6. The maximum absolute atomic E-state index is 12.6. The fourth-order valence-electron chi connectivity index (χ4n) is 2.68. The lowest BCUT2D eigenvalue weighted by atomic mass is 9.78. The van der Waals surface area contributed by atoms with Crippen molar-refractivity contribution in [1.29, 1.82) is 0 Å². The molecule has 1 atom stereocenters. The highest BCUT2D eigenvalue weighted by Gasteiger charge is 2.42. The van der Waals surface area contributed by atoms with Crippen molar-refractivity contribution >= 4 is 17.4 Å². The van der Waals surface area contributed by atoms with E-state index in [1.165, 1.54) is 13.8 Å². The molecule has 6 heteroatoms. The maximum Gasteiger partial charge on any atom is 0.223 e. The number of hydrogen-bond acceptors (Lipinski definition) is 4. The molecule has 0 aromatic heterocycles. The van der Waals surface area contributed by atoms with Gasteiger partial charge in [0, 0.05) is 35.8 Å². The van der Waals surface area contributed by atoms with Crippen LogP contribution >= 0.6 is 11.6 Å². The summed E-state index contributed by atoms with van der Waals surface area (Å²) >= 11 is 5.85. The second-order valence-corrected chi connectivity index (χ2v) is 6.81. The molecule has 25 heavy (non-hydrogen) atoms. The number of carbonyl (C=O) groups is 1. The van der Waals surface area contributed by atoms with Crippen LogP contribution in [0.4, 0.5) is 0 Å². The minimum atomic E-state index is -1.29. The van der Waals surface area contributed by atoms with E-state index in [9.17, 15) is 14.9 Å². The molecule has 132 valence electrons. The topological polar surface area (TPSA) is 69.4 Å². The van der Waals surface area contributed by atoms with E-state index < -0.39 is 11.5 Å². The zero-order valence-electron chi connectivity index (χ0n) is 14.4. The van der Waals surface area contributed by atoms with Gasteiger partial charge in [0.1, 0.15) is 5.75 Å². The zero-order valence-corrected chi connectivity index (χ0v) is 15.1. The second kappa shape index (κ2) is 7.66. The van der Waals surface area contributed by atoms with Gasteiger partial charge in [0.25, 0.3) is 0 Å². The quantitative estimate of drug-likeness (QED) is 0.405. The van der Waals surface area contributed by atoms with E-state index in [0.29, 0.717) is 16.3 Å². The average molecular weight is 362 g/mol. The first-order valence-electron chi connectivity index (χ1n) is 7.83. The van der Waals surface area contributed by atoms with E-state index in [-0.39, 0.29) is 17.1 Å². The van der Waals surface area contributed by atoms with Crippen LogP contribution in [0.15, 0.2) is 48.5 Å². The first-order valence-corrected chi connectivity index (χ1v) is 8.20. The lowest BCUT2D eigenvalue weighted by molar-refractivity contribution is -0.565. The molecule has 0 aliphatic rings. The highest BCUT2D eigenvalue weighted by Crippen LogP contribution is 2.35. The first kappa shape index (κ1) is 18.9. The van der Waals surface area contributed by atoms with E-state index in [4.69, 9.17) is 16.3 Å². The number of nitrogens with zero attached hydrogens (tertiary/aromatic N) is 1. The van der Waals surface area contributed by atoms with E-state index in [2.05, 4.69) is 0 Å². The number of hydrogen-bond donors (Lipinski definition) is 0. The van der Waals surface area contributed by atoms with Crippen molar-refractivity contribution in [2.24, 2.45) is 0 Å². The summed E-state index contributed by atoms with van der Waals surface area (Å²) in [5, 5.41) is 12.1. The lowest BCUT2D eigenvalue weighted by Gasteiger charge is -2.27. The number of nitro groups is 1.